The molecule has 0 saturated heterocycles. The lowest BCUT2D eigenvalue weighted by Gasteiger charge is -2.30. The maximum absolute atomic E-state index is 5.57. The summed E-state index contributed by atoms with van der Waals surface area (Å²) in [6.07, 6.45) is 1.28. The summed E-state index contributed by atoms with van der Waals surface area (Å²) in [5.74, 6) is 0. The fourth-order valence-corrected chi connectivity index (χ4v) is 6.28. The first-order chi connectivity index (χ1) is 7.45. The molecule has 0 rings (SSSR count). The lowest BCUT2D eigenvalue weighted by atomic mass is 10.5. The van der Waals surface area contributed by atoms with Gasteiger partial charge in [0.05, 0.1) is 0 Å². The quantitative estimate of drug-likeness (QED) is 0.503. The van der Waals surface area contributed by atoms with Gasteiger partial charge in [0.25, 0.3) is 0 Å². The first-order valence-corrected chi connectivity index (χ1v) is 12.5. The van der Waals surface area contributed by atoms with Crippen LogP contribution >= 0.6 is 0 Å². The smallest absolute Gasteiger partial charge is 0.186 e. The van der Waals surface area contributed by atoms with Crippen molar-refractivity contribution in [1.82, 2.24) is 4.98 Å². The van der Waals surface area contributed by atoms with Gasteiger partial charge in [-0.25, -0.2) is 0 Å². The molecule has 0 aromatic rings. The molecule has 0 amide bonds. The summed E-state index contributed by atoms with van der Waals surface area (Å²) in [5.41, 5.74) is 0. The number of hydrogen-bond acceptors (Lipinski definition) is 2. The van der Waals surface area contributed by atoms with E-state index in [-0.39, 0.29) is 0 Å². The Labute approximate surface area is 104 Å². The second-order valence-electron chi connectivity index (χ2n) is 5.34. The van der Waals surface area contributed by atoms with Crippen molar-refractivity contribution in [2.24, 2.45) is 0 Å². The lowest BCUT2D eigenvalue weighted by Crippen LogP contribution is -2.49. The SMILES string of the molecule is CC[Si](CC)(CC)NCCC[Si](C)(C)OC. The zero-order chi connectivity index (χ0) is 12.7. The van der Waals surface area contributed by atoms with E-state index in [1.165, 1.54) is 37.1 Å². The van der Waals surface area contributed by atoms with Gasteiger partial charge in [-0.3, -0.25) is 0 Å². The molecular formula is C12H31NOSi2. The normalized spacial score (nSPS) is 13.1. The van der Waals surface area contributed by atoms with Gasteiger partial charge in [-0.15, -0.1) is 0 Å². The van der Waals surface area contributed by atoms with Gasteiger partial charge in [0.1, 0.15) is 8.24 Å². The average molecular weight is 262 g/mol. The summed E-state index contributed by atoms with van der Waals surface area (Å²) in [6, 6.07) is 5.37. The topological polar surface area (TPSA) is 21.3 Å². The van der Waals surface area contributed by atoms with Gasteiger partial charge in [-0.2, -0.15) is 0 Å². The molecular weight excluding hydrogens is 230 g/mol. The van der Waals surface area contributed by atoms with Crippen LogP contribution in [0.25, 0.3) is 0 Å². The second-order valence-corrected chi connectivity index (χ2v) is 14.8. The van der Waals surface area contributed by atoms with Crippen molar-refractivity contribution in [2.75, 3.05) is 13.7 Å². The maximum atomic E-state index is 5.57. The van der Waals surface area contributed by atoms with Crippen LogP contribution in [-0.4, -0.2) is 30.2 Å². The van der Waals surface area contributed by atoms with Gasteiger partial charge >= 0.3 is 0 Å². The van der Waals surface area contributed by atoms with E-state index in [2.05, 4.69) is 38.8 Å². The Balaban J connectivity index is 3.88. The molecule has 0 bridgehead atoms. The Morgan fingerprint density at radius 3 is 1.88 bits per heavy atom. The Morgan fingerprint density at radius 1 is 1.00 bits per heavy atom. The highest BCUT2D eigenvalue weighted by atomic mass is 28.4. The van der Waals surface area contributed by atoms with Crippen LogP contribution in [-0.2, 0) is 4.43 Å². The van der Waals surface area contributed by atoms with Crippen LogP contribution < -0.4 is 4.98 Å². The molecule has 0 unspecified atom stereocenters. The summed E-state index contributed by atoms with van der Waals surface area (Å²) in [6.45, 7) is 12.8. The predicted molar refractivity (Wildman–Crippen MR) is 79.1 cm³/mol. The Morgan fingerprint density at radius 2 is 1.50 bits per heavy atom. The number of hydrogen-bond donors (Lipinski definition) is 1. The first kappa shape index (κ1) is 16.4. The third kappa shape index (κ3) is 5.61. The van der Waals surface area contributed by atoms with Crippen LogP contribution in [0.5, 0.6) is 0 Å². The molecule has 98 valence electrons. The maximum Gasteiger partial charge on any atom is 0.186 e. The van der Waals surface area contributed by atoms with E-state index in [4.69, 9.17) is 4.43 Å². The van der Waals surface area contributed by atoms with Gasteiger partial charge < -0.3 is 9.41 Å². The minimum Gasteiger partial charge on any atom is -0.420 e. The highest BCUT2D eigenvalue weighted by Crippen LogP contribution is 2.17. The van der Waals surface area contributed by atoms with E-state index in [0.29, 0.717) is 0 Å². The van der Waals surface area contributed by atoms with Crippen LogP contribution in [0.15, 0.2) is 0 Å². The molecule has 4 heteroatoms. The fraction of sp³-hybridized carbons (Fsp3) is 1.00. The minimum atomic E-state index is -1.33. The third-order valence-corrected chi connectivity index (χ3v) is 11.8. The zero-order valence-electron chi connectivity index (χ0n) is 12.2. The monoisotopic (exact) mass is 261 g/mol. The summed E-state index contributed by atoms with van der Waals surface area (Å²) >= 11 is 0. The van der Waals surface area contributed by atoms with Gasteiger partial charge in [0.15, 0.2) is 8.32 Å². The Hall–Kier alpha value is 0.354. The molecule has 0 spiro atoms. The Kier molecular flexibility index (Phi) is 7.80. The van der Waals surface area contributed by atoms with Crippen molar-refractivity contribution in [3.63, 3.8) is 0 Å². The van der Waals surface area contributed by atoms with Gasteiger partial charge in [0, 0.05) is 7.11 Å². The molecule has 1 N–H and O–H groups in total. The van der Waals surface area contributed by atoms with Crippen LogP contribution in [0.4, 0.5) is 0 Å². The van der Waals surface area contributed by atoms with E-state index in [1.807, 2.05) is 7.11 Å². The summed E-state index contributed by atoms with van der Waals surface area (Å²) in [5, 5.41) is 0. The van der Waals surface area contributed by atoms with E-state index < -0.39 is 16.6 Å². The van der Waals surface area contributed by atoms with E-state index >= 15 is 0 Å². The van der Waals surface area contributed by atoms with Crippen molar-refractivity contribution in [2.45, 2.75) is 64.5 Å². The minimum absolute atomic E-state index is 1.10. The molecule has 0 fully saturated rings. The van der Waals surface area contributed by atoms with Crippen LogP contribution in [0.3, 0.4) is 0 Å². The van der Waals surface area contributed by atoms with E-state index in [1.54, 1.807) is 0 Å². The number of nitrogens with one attached hydrogen (secondary N) is 1. The van der Waals surface area contributed by atoms with E-state index in [0.717, 1.165) is 0 Å². The van der Waals surface area contributed by atoms with Gasteiger partial charge in [-0.1, -0.05) is 20.8 Å². The molecule has 2 nitrogen and oxygen atoms in total. The molecule has 0 atom stereocenters. The number of rotatable bonds is 9. The molecule has 0 saturated carbocycles. The van der Waals surface area contributed by atoms with Crippen LogP contribution in [0.1, 0.15) is 27.2 Å². The fourth-order valence-electron chi connectivity index (χ4n) is 2.09. The summed E-state index contributed by atoms with van der Waals surface area (Å²) in [7, 11) is -0.564. The first-order valence-electron chi connectivity index (χ1n) is 6.75. The molecule has 16 heavy (non-hydrogen) atoms. The largest absolute Gasteiger partial charge is 0.420 e. The molecule has 0 aromatic carbocycles. The third-order valence-electron chi connectivity index (χ3n) is 4.04. The predicted octanol–water partition coefficient (Wildman–Crippen LogP) is 3.82. The summed E-state index contributed by atoms with van der Waals surface area (Å²) < 4.78 is 5.57. The van der Waals surface area contributed by atoms with Crippen LogP contribution in [0.2, 0.25) is 37.3 Å². The van der Waals surface area contributed by atoms with Crippen molar-refractivity contribution < 1.29 is 4.43 Å². The van der Waals surface area contributed by atoms with Crippen LogP contribution in [0, 0.1) is 0 Å². The van der Waals surface area contributed by atoms with Crippen molar-refractivity contribution in [3.05, 3.63) is 0 Å². The Bertz CT molecular complexity index is 174. The average Bonchev–Trinajstić information content (AvgIpc) is 2.30. The molecule has 0 aromatic heterocycles. The van der Waals surface area contributed by atoms with Crippen molar-refractivity contribution in [1.29, 1.82) is 0 Å². The summed E-state index contributed by atoms with van der Waals surface area (Å²) in [4.78, 5) is 3.88. The van der Waals surface area contributed by atoms with Crippen molar-refractivity contribution >= 4 is 16.6 Å². The molecule has 0 aliphatic rings. The molecule has 0 radical (unpaired) electrons. The standard InChI is InChI=1S/C12H31NOSi2/c1-7-16(8-2,9-3)13-11-10-12-15(5,6)14-4/h13H,7-12H2,1-6H3. The zero-order valence-corrected chi connectivity index (χ0v) is 14.2. The molecule has 0 aliphatic carbocycles. The molecule has 0 aliphatic heterocycles. The highest BCUT2D eigenvalue weighted by Gasteiger charge is 2.26. The van der Waals surface area contributed by atoms with Gasteiger partial charge in [0.2, 0.25) is 0 Å². The molecule has 0 heterocycles. The van der Waals surface area contributed by atoms with E-state index in [9.17, 15) is 0 Å². The second kappa shape index (κ2) is 7.64. The van der Waals surface area contributed by atoms with Gasteiger partial charge in [-0.05, 0) is 50.2 Å². The van der Waals surface area contributed by atoms with Crippen molar-refractivity contribution in [3.8, 4) is 0 Å². The highest BCUT2D eigenvalue weighted by molar-refractivity contribution is 6.77. The lowest BCUT2D eigenvalue weighted by molar-refractivity contribution is 0.402.